The first-order valence-electron chi connectivity index (χ1n) is 6.62. The van der Waals surface area contributed by atoms with Crippen LogP contribution in [0.2, 0.25) is 0 Å². The first-order valence-corrected chi connectivity index (χ1v) is 6.62. The Balaban J connectivity index is 1.81. The lowest BCUT2D eigenvalue weighted by molar-refractivity contribution is -0.123. The lowest BCUT2D eigenvalue weighted by Gasteiger charge is -2.26. The highest BCUT2D eigenvalue weighted by Gasteiger charge is 2.22. The van der Waals surface area contributed by atoms with Gasteiger partial charge in [0.25, 0.3) is 0 Å². The standard InChI is InChI=1S/C14H20N2O3/c1-2-5-11(15)14(17)16-8-10-9-18-12-6-3-4-7-13(12)19-10/h3-4,6-7,10-11H,2,5,8-9,15H2,1H3,(H,16,17)/t10?,11-/m0/s1. The maximum atomic E-state index is 11.7. The summed E-state index contributed by atoms with van der Waals surface area (Å²) in [5, 5.41) is 2.80. The number of hydrogen-bond donors (Lipinski definition) is 2. The molecule has 1 aliphatic heterocycles. The molecule has 2 atom stereocenters. The number of carbonyl (C=O) groups excluding carboxylic acids is 1. The SMILES string of the molecule is CCC[C@H](N)C(=O)NCC1COc2ccccc2O1. The molecule has 1 aromatic rings. The molecule has 1 aliphatic rings. The van der Waals surface area contributed by atoms with Crippen LogP contribution in [0.4, 0.5) is 0 Å². The van der Waals surface area contributed by atoms with Gasteiger partial charge in [0.15, 0.2) is 11.5 Å². The van der Waals surface area contributed by atoms with E-state index in [0.29, 0.717) is 25.3 Å². The van der Waals surface area contributed by atoms with Crippen molar-refractivity contribution in [3.8, 4) is 11.5 Å². The number of amides is 1. The molecule has 1 unspecified atom stereocenters. The van der Waals surface area contributed by atoms with Crippen LogP contribution in [0.25, 0.3) is 0 Å². The largest absolute Gasteiger partial charge is 0.486 e. The van der Waals surface area contributed by atoms with Crippen LogP contribution in [0.15, 0.2) is 24.3 Å². The average Bonchev–Trinajstić information content (AvgIpc) is 2.44. The number of nitrogens with one attached hydrogen (secondary N) is 1. The molecular formula is C14H20N2O3. The highest BCUT2D eigenvalue weighted by molar-refractivity contribution is 5.81. The minimum Gasteiger partial charge on any atom is -0.486 e. The van der Waals surface area contributed by atoms with Gasteiger partial charge in [0.2, 0.25) is 5.91 Å². The topological polar surface area (TPSA) is 73.6 Å². The second-order valence-corrected chi connectivity index (χ2v) is 4.64. The Morgan fingerprint density at radius 3 is 2.95 bits per heavy atom. The lowest BCUT2D eigenvalue weighted by Crippen LogP contribution is -2.46. The Labute approximate surface area is 113 Å². The fourth-order valence-corrected chi connectivity index (χ4v) is 1.95. The molecule has 0 saturated heterocycles. The van der Waals surface area contributed by atoms with Crippen LogP contribution in [0.5, 0.6) is 11.5 Å². The summed E-state index contributed by atoms with van der Waals surface area (Å²) in [6.45, 7) is 2.84. The molecule has 3 N–H and O–H groups in total. The molecule has 1 aromatic carbocycles. The minimum atomic E-state index is -0.443. The summed E-state index contributed by atoms with van der Waals surface area (Å²) in [5.74, 6) is 1.32. The highest BCUT2D eigenvalue weighted by Crippen LogP contribution is 2.30. The second kappa shape index (κ2) is 6.43. The quantitative estimate of drug-likeness (QED) is 0.834. The van der Waals surface area contributed by atoms with E-state index in [0.717, 1.165) is 12.2 Å². The van der Waals surface area contributed by atoms with Gasteiger partial charge in [-0.15, -0.1) is 0 Å². The Bertz CT molecular complexity index is 436. The number of carbonyl (C=O) groups is 1. The van der Waals surface area contributed by atoms with Crippen LogP contribution in [0, 0.1) is 0 Å². The molecular weight excluding hydrogens is 244 g/mol. The van der Waals surface area contributed by atoms with E-state index in [2.05, 4.69) is 5.32 Å². The number of nitrogens with two attached hydrogens (primary N) is 1. The minimum absolute atomic E-state index is 0.135. The summed E-state index contributed by atoms with van der Waals surface area (Å²) in [6, 6.07) is 7.06. The average molecular weight is 264 g/mol. The van der Waals surface area contributed by atoms with Crippen molar-refractivity contribution < 1.29 is 14.3 Å². The second-order valence-electron chi connectivity index (χ2n) is 4.64. The van der Waals surface area contributed by atoms with E-state index in [1.807, 2.05) is 31.2 Å². The number of rotatable bonds is 5. The predicted molar refractivity (Wildman–Crippen MR) is 72.2 cm³/mol. The van der Waals surface area contributed by atoms with E-state index >= 15 is 0 Å². The first kappa shape index (κ1) is 13.7. The molecule has 2 rings (SSSR count). The van der Waals surface area contributed by atoms with Gasteiger partial charge in [0, 0.05) is 0 Å². The van der Waals surface area contributed by atoms with Crippen molar-refractivity contribution in [2.75, 3.05) is 13.2 Å². The van der Waals surface area contributed by atoms with Gasteiger partial charge in [-0.1, -0.05) is 25.5 Å². The molecule has 104 valence electrons. The molecule has 0 radical (unpaired) electrons. The van der Waals surface area contributed by atoms with Gasteiger partial charge in [0.1, 0.15) is 12.7 Å². The summed E-state index contributed by atoms with van der Waals surface area (Å²) in [7, 11) is 0. The van der Waals surface area contributed by atoms with Gasteiger partial charge < -0.3 is 20.5 Å². The number of ether oxygens (including phenoxy) is 2. The Hall–Kier alpha value is -1.75. The number of benzene rings is 1. The summed E-state index contributed by atoms with van der Waals surface area (Å²) in [5.41, 5.74) is 5.74. The van der Waals surface area contributed by atoms with Crippen LogP contribution in [-0.2, 0) is 4.79 Å². The predicted octanol–water partition coefficient (Wildman–Crippen LogP) is 1.07. The van der Waals surface area contributed by atoms with Crippen molar-refractivity contribution in [3.05, 3.63) is 24.3 Å². The zero-order valence-electron chi connectivity index (χ0n) is 11.1. The maximum Gasteiger partial charge on any atom is 0.237 e. The highest BCUT2D eigenvalue weighted by atomic mass is 16.6. The maximum absolute atomic E-state index is 11.7. The van der Waals surface area contributed by atoms with Crippen LogP contribution in [0.1, 0.15) is 19.8 Å². The Morgan fingerprint density at radius 1 is 1.47 bits per heavy atom. The summed E-state index contributed by atoms with van der Waals surface area (Å²) < 4.78 is 11.3. The monoisotopic (exact) mass is 264 g/mol. The summed E-state index contributed by atoms with van der Waals surface area (Å²) >= 11 is 0. The van der Waals surface area contributed by atoms with Crippen molar-refractivity contribution in [2.24, 2.45) is 5.73 Å². The molecule has 0 bridgehead atoms. The van der Waals surface area contributed by atoms with E-state index < -0.39 is 6.04 Å². The third-order valence-corrected chi connectivity index (χ3v) is 3.01. The number of hydrogen-bond acceptors (Lipinski definition) is 4. The van der Waals surface area contributed by atoms with Gasteiger partial charge in [-0.25, -0.2) is 0 Å². The normalized spacial score (nSPS) is 18.7. The van der Waals surface area contributed by atoms with E-state index in [9.17, 15) is 4.79 Å². The van der Waals surface area contributed by atoms with Gasteiger partial charge in [-0.2, -0.15) is 0 Å². The van der Waals surface area contributed by atoms with E-state index in [1.165, 1.54) is 0 Å². The van der Waals surface area contributed by atoms with Crippen molar-refractivity contribution in [1.82, 2.24) is 5.32 Å². The van der Waals surface area contributed by atoms with E-state index in [1.54, 1.807) is 0 Å². The van der Waals surface area contributed by atoms with E-state index in [-0.39, 0.29) is 12.0 Å². The molecule has 1 amide bonds. The molecule has 0 saturated carbocycles. The fraction of sp³-hybridized carbons (Fsp3) is 0.500. The molecule has 0 aliphatic carbocycles. The molecule has 0 spiro atoms. The van der Waals surface area contributed by atoms with Crippen molar-refractivity contribution in [2.45, 2.75) is 31.9 Å². The molecule has 5 nitrogen and oxygen atoms in total. The third kappa shape index (κ3) is 3.61. The molecule has 19 heavy (non-hydrogen) atoms. The van der Waals surface area contributed by atoms with Crippen LogP contribution < -0.4 is 20.5 Å². The van der Waals surface area contributed by atoms with Crippen LogP contribution in [0.3, 0.4) is 0 Å². The fourth-order valence-electron chi connectivity index (χ4n) is 1.95. The van der Waals surface area contributed by atoms with Gasteiger partial charge >= 0.3 is 0 Å². The third-order valence-electron chi connectivity index (χ3n) is 3.01. The van der Waals surface area contributed by atoms with E-state index in [4.69, 9.17) is 15.2 Å². The number of para-hydroxylation sites is 2. The zero-order chi connectivity index (χ0) is 13.7. The van der Waals surface area contributed by atoms with Gasteiger partial charge in [-0.05, 0) is 18.6 Å². The van der Waals surface area contributed by atoms with Crippen molar-refractivity contribution >= 4 is 5.91 Å². The molecule has 0 fully saturated rings. The van der Waals surface area contributed by atoms with Gasteiger partial charge in [0.05, 0.1) is 12.6 Å². The molecule has 5 heteroatoms. The first-order chi connectivity index (χ1) is 9.20. The zero-order valence-corrected chi connectivity index (χ0v) is 11.1. The summed E-state index contributed by atoms with van der Waals surface area (Å²) in [6.07, 6.45) is 1.41. The Morgan fingerprint density at radius 2 is 2.21 bits per heavy atom. The Kier molecular flexibility index (Phi) is 4.63. The number of fused-ring (bicyclic) bond motifs is 1. The van der Waals surface area contributed by atoms with Gasteiger partial charge in [-0.3, -0.25) is 4.79 Å². The molecule has 1 heterocycles. The van der Waals surface area contributed by atoms with Crippen LogP contribution >= 0.6 is 0 Å². The van der Waals surface area contributed by atoms with Crippen molar-refractivity contribution in [1.29, 1.82) is 0 Å². The smallest absolute Gasteiger partial charge is 0.237 e. The van der Waals surface area contributed by atoms with Crippen molar-refractivity contribution in [3.63, 3.8) is 0 Å². The lowest BCUT2D eigenvalue weighted by atomic mass is 10.1. The molecule has 0 aromatic heterocycles. The summed E-state index contributed by atoms with van der Waals surface area (Å²) in [4.78, 5) is 11.7. The van der Waals surface area contributed by atoms with Crippen LogP contribution in [-0.4, -0.2) is 31.2 Å².